The molecule has 1 aliphatic rings. The number of rotatable bonds is 19. The number of hydrogen-bond acceptors (Lipinski definition) is 14. The minimum Gasteiger partial charge on any atom is -0.412 e. The molecule has 0 spiro atoms. The fourth-order valence-corrected chi connectivity index (χ4v) is 12.8. The largest absolute Gasteiger partial charge is 0.412 e. The highest BCUT2D eigenvalue weighted by Gasteiger charge is 2.47. The summed E-state index contributed by atoms with van der Waals surface area (Å²) in [5.41, 5.74) is 0. The second-order valence-corrected chi connectivity index (χ2v) is 34.9. The van der Waals surface area contributed by atoms with Crippen LogP contribution in [-0.4, -0.2) is 241 Å². The first-order chi connectivity index (χ1) is 43.1. The lowest BCUT2D eigenvalue weighted by molar-refractivity contribution is -0.155. The second-order valence-electron chi connectivity index (χ2n) is 30.1. The van der Waals surface area contributed by atoms with Gasteiger partial charge in [-0.2, -0.15) is 0 Å². The van der Waals surface area contributed by atoms with Gasteiger partial charge in [0, 0.05) is 48.9 Å². The Kier molecular flexibility index (Phi) is 34.8. The van der Waals surface area contributed by atoms with E-state index in [0.29, 0.717) is 0 Å². The van der Waals surface area contributed by atoms with Crippen molar-refractivity contribution in [1.82, 2.24) is 56.0 Å². The Hall–Kier alpha value is -5.99. The van der Waals surface area contributed by atoms with E-state index in [1.165, 1.54) is 70.8 Å². The van der Waals surface area contributed by atoms with E-state index in [9.17, 15) is 43.8 Å². The second kappa shape index (κ2) is 38.1. The maximum Gasteiger partial charge on any atom is 0.248 e. The van der Waals surface area contributed by atoms with Gasteiger partial charge in [0.05, 0.1) is 18.8 Å². The van der Waals surface area contributed by atoms with Gasteiger partial charge < -0.3 is 70.6 Å². The Balaban J connectivity index is 4.57. The third-order valence-corrected chi connectivity index (χ3v) is 22.8. The quantitative estimate of drug-likeness (QED) is 0.0701. The van der Waals surface area contributed by atoms with E-state index in [1.807, 2.05) is 89.3 Å². The number of likely N-dealkylation sites (N-methyl/N-ethyl adjacent to an activating group) is 6. The molecular formula is C68H125N11O14Si. The maximum atomic E-state index is 15.4. The lowest BCUT2D eigenvalue weighted by Gasteiger charge is -2.42. The van der Waals surface area contributed by atoms with E-state index in [1.54, 1.807) is 53.7 Å². The topological polar surface area (TPSA) is 317 Å². The molecule has 0 aliphatic carbocycles. The molecule has 26 heteroatoms. The summed E-state index contributed by atoms with van der Waals surface area (Å²) in [5, 5.41) is 36.2. The molecule has 0 radical (unpaired) electrons. The molecule has 0 aromatic heterocycles. The number of aliphatic hydroxyl groups is 2. The fraction of sp³-hybridized carbons (Fsp3) is 0.809. The molecule has 1 saturated heterocycles. The van der Waals surface area contributed by atoms with Gasteiger partial charge in [0.1, 0.15) is 60.4 Å². The van der Waals surface area contributed by atoms with Gasteiger partial charge in [-0.3, -0.25) is 52.7 Å². The van der Waals surface area contributed by atoms with Gasteiger partial charge in [-0.25, -0.2) is 0 Å². The molecule has 0 saturated carbocycles. The van der Waals surface area contributed by atoms with E-state index in [-0.39, 0.29) is 68.8 Å². The molecule has 25 nitrogen and oxygen atoms in total. The summed E-state index contributed by atoms with van der Waals surface area (Å²) < 4.78 is 6.80. The van der Waals surface area contributed by atoms with Crippen molar-refractivity contribution in [3.05, 3.63) is 12.2 Å². The highest BCUT2D eigenvalue weighted by atomic mass is 28.4. The first kappa shape index (κ1) is 86.0. The monoisotopic (exact) mass is 1350 g/mol. The zero-order chi connectivity index (χ0) is 73.1. The van der Waals surface area contributed by atoms with Crippen LogP contribution in [0.1, 0.15) is 170 Å². The minimum absolute atomic E-state index is 0.0564. The van der Waals surface area contributed by atoms with Crippen molar-refractivity contribution < 1.29 is 67.4 Å². The highest BCUT2D eigenvalue weighted by molar-refractivity contribution is 6.74. The lowest BCUT2D eigenvalue weighted by Crippen LogP contribution is -2.65. The van der Waals surface area contributed by atoms with E-state index in [0.717, 1.165) is 14.7 Å². The van der Waals surface area contributed by atoms with Gasteiger partial charge in [-0.1, -0.05) is 116 Å². The van der Waals surface area contributed by atoms with Gasteiger partial charge in [-0.05, 0) is 126 Å². The number of nitrogens with one attached hydrogen (secondary N) is 5. The van der Waals surface area contributed by atoms with Crippen molar-refractivity contribution in [1.29, 1.82) is 0 Å². The van der Waals surface area contributed by atoms with Crippen molar-refractivity contribution >= 4 is 73.3 Å². The van der Waals surface area contributed by atoms with Gasteiger partial charge in [0.15, 0.2) is 8.32 Å². The standard InChI is InChI=1S/C68H125N11O14Si/c1-28-29-30-44(13)57(82)56-62(87)73-54(47(16)93-94(26,27)68(17,18)19)66(91)74(20)36-53(81)75(21)50(33-40(6)7)60(85)71-48(31-38(2)3)64(89)77(23)51(34-41(8)9)59(84)69-45(14)58(83)70-46(15)63(88)76(22)52(35-43(12)37-80)61(86)72-49(32-39(4)5)65(90)78(24)55(42(10)11)67(92)79(56)25/h28-29,38-52,54-57,80,82H,30-37H2,1-27H3,(H,69,84)(H,70,83)(H,71,85)(H,72,86)(H,73,87)/b29-28+/t43-,44+,45-,46+,47+,48-,49-,50-,51-,52-,54-,55-,56-,57+/m0/s1. The molecule has 1 fully saturated rings. The molecule has 540 valence electrons. The smallest absolute Gasteiger partial charge is 0.248 e. The van der Waals surface area contributed by atoms with Crippen molar-refractivity contribution in [3.8, 4) is 0 Å². The first-order valence-corrected chi connectivity index (χ1v) is 36.7. The summed E-state index contributed by atoms with van der Waals surface area (Å²) in [4.78, 5) is 170. The molecule has 1 heterocycles. The average molecular weight is 1350 g/mol. The van der Waals surface area contributed by atoms with Gasteiger partial charge >= 0.3 is 0 Å². The van der Waals surface area contributed by atoms with Crippen LogP contribution in [0.3, 0.4) is 0 Å². The van der Waals surface area contributed by atoms with Crippen LogP contribution in [0.15, 0.2) is 12.2 Å². The Morgan fingerprint density at radius 3 is 1.37 bits per heavy atom. The number of nitrogens with zero attached hydrogens (tertiary/aromatic N) is 6. The Morgan fingerprint density at radius 2 is 0.936 bits per heavy atom. The summed E-state index contributed by atoms with van der Waals surface area (Å²) in [5.74, 6) is -10.8. The Labute approximate surface area is 564 Å². The Bertz CT molecular complexity index is 2590. The molecule has 1 rings (SSSR count). The van der Waals surface area contributed by atoms with Crippen molar-refractivity contribution in [2.45, 2.75) is 261 Å². The summed E-state index contributed by atoms with van der Waals surface area (Å²) in [6.45, 7) is 36.7. The van der Waals surface area contributed by atoms with Crippen molar-refractivity contribution in [3.63, 3.8) is 0 Å². The first-order valence-electron chi connectivity index (χ1n) is 33.8. The van der Waals surface area contributed by atoms with Crippen LogP contribution >= 0.6 is 0 Å². The molecule has 14 atom stereocenters. The third kappa shape index (κ3) is 24.9. The van der Waals surface area contributed by atoms with Gasteiger partial charge in [0.2, 0.25) is 65.0 Å². The lowest BCUT2D eigenvalue weighted by atomic mass is 9.91. The van der Waals surface area contributed by atoms with Crippen LogP contribution < -0.4 is 26.6 Å². The van der Waals surface area contributed by atoms with Crippen LogP contribution in [0, 0.1) is 41.4 Å². The minimum atomic E-state index is -2.77. The van der Waals surface area contributed by atoms with Crippen LogP contribution in [0.5, 0.6) is 0 Å². The zero-order valence-electron chi connectivity index (χ0n) is 62.3. The van der Waals surface area contributed by atoms with E-state index < -0.39 is 175 Å². The molecule has 0 bridgehead atoms. The predicted molar refractivity (Wildman–Crippen MR) is 367 cm³/mol. The molecule has 7 N–H and O–H groups in total. The van der Waals surface area contributed by atoms with Crippen molar-refractivity contribution in [2.24, 2.45) is 41.4 Å². The van der Waals surface area contributed by atoms with Crippen LogP contribution in [0.2, 0.25) is 18.1 Å². The van der Waals surface area contributed by atoms with Crippen molar-refractivity contribution in [2.75, 3.05) is 55.4 Å². The number of hydrogen-bond donors (Lipinski definition) is 7. The molecule has 0 aromatic carbocycles. The summed E-state index contributed by atoms with van der Waals surface area (Å²) in [6, 6.07) is -13.3. The predicted octanol–water partition coefficient (Wildman–Crippen LogP) is 4.29. The summed E-state index contributed by atoms with van der Waals surface area (Å²) in [6.07, 6.45) is 1.53. The Morgan fingerprint density at radius 1 is 0.521 bits per heavy atom. The number of aliphatic hydroxyl groups excluding tert-OH is 2. The molecule has 11 amide bonds. The molecule has 1 aliphatic heterocycles. The fourth-order valence-electron chi connectivity index (χ4n) is 11.3. The number of carbonyl (C=O) groups excluding carboxylic acids is 11. The maximum absolute atomic E-state index is 15.4. The molecule has 94 heavy (non-hydrogen) atoms. The molecule has 0 unspecified atom stereocenters. The van der Waals surface area contributed by atoms with E-state index in [4.69, 9.17) is 4.43 Å². The van der Waals surface area contributed by atoms with Crippen LogP contribution in [0.25, 0.3) is 0 Å². The van der Waals surface area contributed by atoms with E-state index in [2.05, 4.69) is 26.6 Å². The van der Waals surface area contributed by atoms with Gasteiger partial charge in [0.25, 0.3) is 0 Å². The average Bonchev–Trinajstić information content (AvgIpc) is 0.814. The molecule has 0 aromatic rings. The van der Waals surface area contributed by atoms with Crippen LogP contribution in [0.4, 0.5) is 0 Å². The third-order valence-electron chi connectivity index (χ3n) is 18.3. The SMILES string of the molecule is C/C=C/C[C@@H](C)[C@@H](O)[C@H]1C(=O)N[C@@H]([C@@H](C)O[Si](C)(C)C(C)(C)C)C(=O)N(C)CC(=O)N(C)[C@@H](CC(C)C)C(=O)N[C@@H](CC(C)C)C(=O)N(C)[C@@H](CC(C)C)C(=O)N[C@@H](C)C(=O)N[C@H](C)C(=O)N(C)[C@@H](C[C@H](C)CO)C(=O)N[C@@H](CC(C)C)C(=O)N(C)[C@@H](C(C)C)C(=O)N1C. The number of allylic oxidation sites excluding steroid dienone is 2. The highest BCUT2D eigenvalue weighted by Crippen LogP contribution is 2.38. The van der Waals surface area contributed by atoms with Crippen LogP contribution in [-0.2, 0) is 57.2 Å². The number of amides is 11. The molecular weight excluding hydrogens is 1220 g/mol. The summed E-state index contributed by atoms with van der Waals surface area (Å²) in [7, 11) is 5.53. The number of carbonyl (C=O) groups is 11. The van der Waals surface area contributed by atoms with E-state index >= 15 is 19.2 Å². The normalized spacial score (nSPS) is 26.4. The zero-order valence-corrected chi connectivity index (χ0v) is 63.3. The summed E-state index contributed by atoms with van der Waals surface area (Å²) >= 11 is 0. The van der Waals surface area contributed by atoms with Gasteiger partial charge in [-0.15, -0.1) is 0 Å².